The van der Waals surface area contributed by atoms with Crippen molar-refractivity contribution in [2.45, 2.75) is 39.0 Å². The van der Waals surface area contributed by atoms with Crippen molar-refractivity contribution in [2.24, 2.45) is 5.92 Å². The van der Waals surface area contributed by atoms with E-state index in [2.05, 4.69) is 15.3 Å². The summed E-state index contributed by atoms with van der Waals surface area (Å²) >= 11 is 0. The Morgan fingerprint density at radius 3 is 2.72 bits per heavy atom. The fourth-order valence-corrected chi connectivity index (χ4v) is 2.89. The fourth-order valence-electron chi connectivity index (χ4n) is 2.89. The minimum Gasteiger partial charge on any atom is -0.294 e. The van der Waals surface area contributed by atoms with Crippen LogP contribution in [-0.4, -0.2) is 21.7 Å². The molecule has 1 aromatic carbocycles. The van der Waals surface area contributed by atoms with Gasteiger partial charge >= 0.3 is 0 Å². The second kappa shape index (κ2) is 7.09. The van der Waals surface area contributed by atoms with Crippen molar-refractivity contribution in [1.29, 1.82) is 0 Å². The number of fused-ring (bicyclic) bond motifs is 1. The molecule has 1 N–H and O–H groups in total. The van der Waals surface area contributed by atoms with Crippen molar-refractivity contribution >= 4 is 17.6 Å². The van der Waals surface area contributed by atoms with Gasteiger partial charge in [0.2, 0.25) is 11.9 Å². The Bertz CT molecular complexity index is 805. The predicted octanol–water partition coefficient (Wildman–Crippen LogP) is 3.51. The van der Waals surface area contributed by atoms with Crippen LogP contribution in [0.4, 0.5) is 10.3 Å². The van der Waals surface area contributed by atoms with Gasteiger partial charge in [0.25, 0.3) is 0 Å². The summed E-state index contributed by atoms with van der Waals surface area (Å²) in [6.45, 7) is 3.77. The Labute approximate surface area is 145 Å². The number of amides is 1. The van der Waals surface area contributed by atoms with Crippen molar-refractivity contribution in [3.63, 3.8) is 0 Å². The Hall–Kier alpha value is -2.63. The van der Waals surface area contributed by atoms with Gasteiger partial charge in [-0.2, -0.15) is 0 Å². The quantitative estimate of drug-likeness (QED) is 0.924. The number of hydrogen-bond donors (Lipinski definition) is 1. The molecule has 1 amide bonds. The number of anilines is 1. The second-order valence-corrected chi connectivity index (χ2v) is 6.43. The standard InChI is InChI=1S/C19H20FN3O2/c1-3-11(2)18(25)23-19-21-10-15-16(22-19)8-13(9-17(15)24)12-4-6-14(20)7-5-12/h4-7,10-11,13H,3,8-9H2,1-2H3,(H,21,22,23,25)/t11-,13-/m0/s1. The second-order valence-electron chi connectivity index (χ2n) is 6.43. The Balaban J connectivity index is 1.83. The zero-order valence-corrected chi connectivity index (χ0v) is 14.3. The third-order valence-electron chi connectivity index (χ3n) is 4.68. The van der Waals surface area contributed by atoms with Crippen LogP contribution in [0.1, 0.15) is 54.2 Å². The first-order valence-corrected chi connectivity index (χ1v) is 8.43. The minimum atomic E-state index is -0.302. The van der Waals surface area contributed by atoms with Gasteiger partial charge in [-0.05, 0) is 36.5 Å². The summed E-state index contributed by atoms with van der Waals surface area (Å²) < 4.78 is 13.1. The molecule has 0 spiro atoms. The van der Waals surface area contributed by atoms with Crippen molar-refractivity contribution in [3.8, 4) is 0 Å². The van der Waals surface area contributed by atoms with E-state index in [4.69, 9.17) is 0 Å². The molecule has 2 atom stereocenters. The maximum absolute atomic E-state index is 13.1. The van der Waals surface area contributed by atoms with Crippen molar-refractivity contribution < 1.29 is 14.0 Å². The van der Waals surface area contributed by atoms with Gasteiger partial charge < -0.3 is 0 Å². The highest BCUT2D eigenvalue weighted by Gasteiger charge is 2.28. The molecule has 5 nitrogen and oxygen atoms in total. The van der Waals surface area contributed by atoms with Crippen molar-refractivity contribution in [2.75, 3.05) is 5.32 Å². The maximum Gasteiger partial charge on any atom is 0.229 e. The molecule has 1 aliphatic rings. The number of nitrogens with zero attached hydrogens (tertiary/aromatic N) is 2. The van der Waals surface area contributed by atoms with Crippen LogP contribution < -0.4 is 5.32 Å². The van der Waals surface area contributed by atoms with Crippen molar-refractivity contribution in [3.05, 3.63) is 53.1 Å². The van der Waals surface area contributed by atoms with E-state index in [0.717, 1.165) is 12.0 Å². The van der Waals surface area contributed by atoms with Gasteiger partial charge in [-0.15, -0.1) is 0 Å². The topological polar surface area (TPSA) is 72.0 Å². The number of aromatic nitrogens is 2. The lowest BCUT2D eigenvalue weighted by molar-refractivity contribution is -0.119. The number of benzene rings is 1. The Kier molecular flexibility index (Phi) is 4.88. The summed E-state index contributed by atoms with van der Waals surface area (Å²) in [5.41, 5.74) is 2.03. The molecule has 0 bridgehead atoms. The van der Waals surface area contributed by atoms with E-state index in [-0.39, 0.29) is 35.3 Å². The predicted molar refractivity (Wildman–Crippen MR) is 91.9 cm³/mol. The van der Waals surface area contributed by atoms with E-state index in [1.807, 2.05) is 13.8 Å². The highest BCUT2D eigenvalue weighted by atomic mass is 19.1. The number of nitrogens with one attached hydrogen (secondary N) is 1. The van der Waals surface area contributed by atoms with Crippen LogP contribution in [0.25, 0.3) is 0 Å². The number of carbonyl (C=O) groups excluding carboxylic acids is 2. The molecular formula is C19H20FN3O2. The molecule has 0 aliphatic heterocycles. The van der Waals surface area contributed by atoms with E-state index in [1.54, 1.807) is 12.1 Å². The molecule has 1 aromatic heterocycles. The number of ketones is 1. The summed E-state index contributed by atoms with van der Waals surface area (Å²) in [5.74, 6) is -0.433. The number of hydrogen-bond acceptors (Lipinski definition) is 4. The van der Waals surface area contributed by atoms with E-state index in [1.165, 1.54) is 18.3 Å². The third-order valence-corrected chi connectivity index (χ3v) is 4.68. The lowest BCUT2D eigenvalue weighted by atomic mass is 9.82. The maximum atomic E-state index is 13.1. The van der Waals surface area contributed by atoms with E-state index >= 15 is 0 Å². The Morgan fingerprint density at radius 1 is 1.32 bits per heavy atom. The highest BCUT2D eigenvalue weighted by molar-refractivity contribution is 5.99. The summed E-state index contributed by atoms with van der Waals surface area (Å²) in [5, 5.41) is 2.70. The van der Waals surface area contributed by atoms with Crippen LogP contribution in [0.2, 0.25) is 0 Å². The smallest absolute Gasteiger partial charge is 0.229 e. The monoisotopic (exact) mass is 341 g/mol. The molecule has 25 heavy (non-hydrogen) atoms. The van der Waals surface area contributed by atoms with Crippen LogP contribution in [0.5, 0.6) is 0 Å². The van der Waals surface area contributed by atoms with Gasteiger partial charge in [0.1, 0.15) is 5.82 Å². The summed E-state index contributed by atoms with van der Waals surface area (Å²) in [6, 6.07) is 6.19. The van der Waals surface area contributed by atoms with Crippen molar-refractivity contribution in [1.82, 2.24) is 9.97 Å². The van der Waals surface area contributed by atoms with Gasteiger partial charge in [0.15, 0.2) is 5.78 Å². The molecule has 3 rings (SSSR count). The SMILES string of the molecule is CC[C@H](C)C(=O)Nc1ncc2c(n1)C[C@H](c1ccc(F)cc1)CC2=O. The normalized spacial score (nSPS) is 17.7. The molecule has 0 saturated heterocycles. The average Bonchev–Trinajstić information content (AvgIpc) is 2.61. The molecule has 0 fully saturated rings. The van der Waals surface area contributed by atoms with Crippen LogP contribution in [0.3, 0.4) is 0 Å². The average molecular weight is 341 g/mol. The molecule has 0 unspecified atom stereocenters. The van der Waals surface area contributed by atoms with Gasteiger partial charge in [0, 0.05) is 18.5 Å². The first kappa shape index (κ1) is 17.2. The van der Waals surface area contributed by atoms with Crippen LogP contribution in [0, 0.1) is 11.7 Å². The van der Waals surface area contributed by atoms with E-state index in [9.17, 15) is 14.0 Å². The largest absolute Gasteiger partial charge is 0.294 e. The van der Waals surface area contributed by atoms with Gasteiger partial charge in [-0.25, -0.2) is 14.4 Å². The first-order valence-electron chi connectivity index (χ1n) is 8.43. The lowest BCUT2D eigenvalue weighted by Crippen LogP contribution is -2.24. The first-order chi connectivity index (χ1) is 12.0. The molecule has 2 aromatic rings. The van der Waals surface area contributed by atoms with Crippen LogP contribution >= 0.6 is 0 Å². The van der Waals surface area contributed by atoms with Gasteiger partial charge in [-0.3, -0.25) is 14.9 Å². The number of halogens is 1. The molecule has 1 aliphatic carbocycles. The van der Waals surface area contributed by atoms with Gasteiger partial charge in [-0.1, -0.05) is 26.0 Å². The molecule has 130 valence electrons. The molecule has 6 heteroatoms. The van der Waals surface area contributed by atoms with Gasteiger partial charge in [0.05, 0.1) is 11.3 Å². The summed E-state index contributed by atoms with van der Waals surface area (Å²) in [4.78, 5) is 32.9. The Morgan fingerprint density at radius 2 is 2.04 bits per heavy atom. The molecular weight excluding hydrogens is 321 g/mol. The number of Topliss-reactive ketones (excluding diaryl/α,β-unsaturated/α-hetero) is 1. The molecule has 1 heterocycles. The zero-order valence-electron chi connectivity index (χ0n) is 14.3. The lowest BCUT2D eigenvalue weighted by Gasteiger charge is -2.23. The highest BCUT2D eigenvalue weighted by Crippen LogP contribution is 2.32. The third kappa shape index (κ3) is 3.73. The fraction of sp³-hybridized carbons (Fsp3) is 0.368. The van der Waals surface area contributed by atoms with Crippen LogP contribution in [0.15, 0.2) is 30.5 Å². The number of rotatable bonds is 4. The molecule has 0 saturated carbocycles. The number of carbonyl (C=O) groups is 2. The van der Waals surface area contributed by atoms with Crippen LogP contribution in [-0.2, 0) is 11.2 Å². The summed E-state index contributed by atoms with van der Waals surface area (Å²) in [7, 11) is 0. The molecule has 0 radical (unpaired) electrons. The minimum absolute atomic E-state index is 0.0321. The summed E-state index contributed by atoms with van der Waals surface area (Å²) in [6.07, 6.45) is 3.11. The van der Waals surface area contributed by atoms with E-state index in [0.29, 0.717) is 24.1 Å². The zero-order chi connectivity index (χ0) is 18.0. The van der Waals surface area contributed by atoms with E-state index < -0.39 is 0 Å².